The summed E-state index contributed by atoms with van der Waals surface area (Å²) in [7, 11) is 0. The van der Waals surface area contributed by atoms with Crippen molar-refractivity contribution in [2.24, 2.45) is 5.41 Å². The largest absolute Gasteiger partial charge is 0.299 e. The number of nitrogens with zero attached hydrogens (tertiary/aromatic N) is 1. The van der Waals surface area contributed by atoms with Crippen molar-refractivity contribution in [3.8, 4) is 0 Å². The van der Waals surface area contributed by atoms with Gasteiger partial charge in [0.2, 0.25) is 0 Å². The van der Waals surface area contributed by atoms with E-state index in [4.69, 9.17) is 0 Å². The zero-order valence-electron chi connectivity index (χ0n) is 9.47. The molecule has 0 unspecified atom stereocenters. The van der Waals surface area contributed by atoms with Crippen LogP contribution in [0.1, 0.15) is 36.3 Å². The van der Waals surface area contributed by atoms with Gasteiger partial charge < -0.3 is 0 Å². The molecule has 3 heteroatoms. The summed E-state index contributed by atoms with van der Waals surface area (Å²) in [5, 5.41) is 1.04. The van der Waals surface area contributed by atoms with Gasteiger partial charge in [0.25, 0.3) is 0 Å². The molecule has 78 valence electrons. The molecule has 1 aromatic rings. The molecule has 1 heterocycles. The lowest BCUT2D eigenvalue weighted by Gasteiger charge is -2.15. The number of ketones is 1. The number of thiazole rings is 1. The van der Waals surface area contributed by atoms with Crippen LogP contribution in [0.4, 0.5) is 0 Å². The lowest BCUT2D eigenvalue weighted by Crippen LogP contribution is -2.21. The van der Waals surface area contributed by atoms with Crippen molar-refractivity contribution in [1.82, 2.24) is 4.98 Å². The average molecular weight is 211 g/mol. The molecule has 0 aromatic carbocycles. The predicted molar refractivity (Wildman–Crippen MR) is 59.8 cm³/mol. The van der Waals surface area contributed by atoms with Gasteiger partial charge in [-0.1, -0.05) is 20.8 Å². The fourth-order valence-electron chi connectivity index (χ4n) is 1.15. The molecule has 0 bridgehead atoms. The highest BCUT2D eigenvalue weighted by Gasteiger charge is 2.22. The van der Waals surface area contributed by atoms with E-state index in [1.165, 1.54) is 0 Å². The summed E-state index contributed by atoms with van der Waals surface area (Å²) in [4.78, 5) is 17.2. The maximum absolute atomic E-state index is 11.8. The van der Waals surface area contributed by atoms with Crippen LogP contribution in [0, 0.1) is 19.3 Å². The first-order chi connectivity index (χ1) is 6.30. The second kappa shape index (κ2) is 3.81. The van der Waals surface area contributed by atoms with E-state index in [1.54, 1.807) is 11.3 Å². The van der Waals surface area contributed by atoms with Gasteiger partial charge in [-0.2, -0.15) is 0 Å². The minimum absolute atomic E-state index is 0.246. The molecule has 0 radical (unpaired) electrons. The number of hydrogen-bond acceptors (Lipinski definition) is 3. The Hall–Kier alpha value is -0.700. The Labute approximate surface area is 89.4 Å². The second-order valence-corrected chi connectivity index (χ2v) is 5.88. The van der Waals surface area contributed by atoms with E-state index in [0.717, 1.165) is 15.6 Å². The molecule has 0 aliphatic carbocycles. The highest BCUT2D eigenvalue weighted by Crippen LogP contribution is 2.23. The number of hydrogen-bond donors (Lipinski definition) is 0. The predicted octanol–water partition coefficient (Wildman–Crippen LogP) is 2.92. The van der Waals surface area contributed by atoms with Gasteiger partial charge in [0.1, 0.15) is 5.78 Å². The van der Waals surface area contributed by atoms with Gasteiger partial charge >= 0.3 is 0 Å². The maximum atomic E-state index is 11.8. The Balaban J connectivity index is 2.80. The van der Waals surface area contributed by atoms with E-state index in [0.29, 0.717) is 6.42 Å². The Morgan fingerprint density at radius 2 is 1.93 bits per heavy atom. The number of carbonyl (C=O) groups is 1. The molecule has 0 aliphatic heterocycles. The first-order valence-corrected chi connectivity index (χ1v) is 5.58. The number of Topliss-reactive ketones (excluding diaryl/α,β-unsaturated/α-hetero) is 1. The maximum Gasteiger partial charge on any atom is 0.143 e. The minimum atomic E-state index is -0.246. The quantitative estimate of drug-likeness (QED) is 0.753. The molecular weight excluding hydrogens is 194 g/mol. The van der Waals surface area contributed by atoms with Gasteiger partial charge in [-0.25, -0.2) is 4.98 Å². The van der Waals surface area contributed by atoms with Gasteiger partial charge in [0.05, 0.1) is 10.7 Å². The van der Waals surface area contributed by atoms with Crippen LogP contribution in [0.2, 0.25) is 0 Å². The van der Waals surface area contributed by atoms with Crippen LogP contribution in [0.15, 0.2) is 0 Å². The van der Waals surface area contributed by atoms with Crippen molar-refractivity contribution in [3.63, 3.8) is 0 Å². The SMILES string of the molecule is Cc1nc(C)c(CC(=O)C(C)(C)C)s1. The number of aromatic nitrogens is 1. The standard InChI is InChI=1S/C11H17NOS/c1-7-9(14-8(2)12-7)6-10(13)11(3,4)5/h6H2,1-5H3. The van der Waals surface area contributed by atoms with Crippen LogP contribution < -0.4 is 0 Å². The van der Waals surface area contributed by atoms with E-state index in [9.17, 15) is 4.79 Å². The third kappa shape index (κ3) is 2.64. The molecule has 0 N–H and O–H groups in total. The van der Waals surface area contributed by atoms with Crippen LogP contribution in [-0.2, 0) is 11.2 Å². The molecule has 0 atom stereocenters. The Bertz CT molecular complexity index is 347. The van der Waals surface area contributed by atoms with Crippen molar-refractivity contribution >= 4 is 17.1 Å². The highest BCUT2D eigenvalue weighted by molar-refractivity contribution is 7.11. The summed E-state index contributed by atoms with van der Waals surface area (Å²) in [5.41, 5.74) is 0.759. The third-order valence-electron chi connectivity index (χ3n) is 2.16. The lowest BCUT2D eigenvalue weighted by atomic mass is 9.88. The van der Waals surface area contributed by atoms with Gasteiger partial charge in [-0.3, -0.25) is 4.79 Å². The monoisotopic (exact) mass is 211 g/mol. The molecule has 1 aromatic heterocycles. The third-order valence-corrected chi connectivity index (χ3v) is 3.23. The molecule has 0 amide bonds. The molecule has 0 aliphatic rings. The molecule has 2 nitrogen and oxygen atoms in total. The molecular formula is C11H17NOS. The summed E-state index contributed by atoms with van der Waals surface area (Å²) in [6, 6.07) is 0. The second-order valence-electron chi connectivity index (χ2n) is 4.59. The Kier molecular flexibility index (Phi) is 3.10. The molecule has 0 spiro atoms. The fraction of sp³-hybridized carbons (Fsp3) is 0.636. The van der Waals surface area contributed by atoms with Crippen LogP contribution in [0.3, 0.4) is 0 Å². The Morgan fingerprint density at radius 3 is 2.29 bits per heavy atom. The van der Waals surface area contributed by atoms with Crippen LogP contribution in [-0.4, -0.2) is 10.8 Å². The Morgan fingerprint density at radius 1 is 1.36 bits per heavy atom. The smallest absolute Gasteiger partial charge is 0.143 e. The minimum Gasteiger partial charge on any atom is -0.299 e. The van der Waals surface area contributed by atoms with Crippen LogP contribution in [0.5, 0.6) is 0 Å². The molecule has 0 fully saturated rings. The summed E-state index contributed by atoms with van der Waals surface area (Å²) in [6.07, 6.45) is 0.529. The van der Waals surface area contributed by atoms with E-state index < -0.39 is 0 Å². The topological polar surface area (TPSA) is 30.0 Å². The fourth-order valence-corrected chi connectivity index (χ4v) is 2.08. The van der Waals surface area contributed by atoms with E-state index in [-0.39, 0.29) is 11.2 Å². The van der Waals surface area contributed by atoms with E-state index >= 15 is 0 Å². The molecule has 0 saturated carbocycles. The van der Waals surface area contributed by atoms with Gasteiger partial charge in [-0.15, -0.1) is 11.3 Å². The van der Waals surface area contributed by atoms with Crippen molar-refractivity contribution < 1.29 is 4.79 Å². The van der Waals surface area contributed by atoms with Gasteiger partial charge in [-0.05, 0) is 13.8 Å². The molecule has 1 rings (SSSR count). The van der Waals surface area contributed by atoms with Crippen molar-refractivity contribution in [2.45, 2.75) is 41.0 Å². The highest BCUT2D eigenvalue weighted by atomic mass is 32.1. The van der Waals surface area contributed by atoms with E-state index in [2.05, 4.69) is 4.98 Å². The van der Waals surface area contributed by atoms with Crippen LogP contribution >= 0.6 is 11.3 Å². The molecule has 14 heavy (non-hydrogen) atoms. The van der Waals surface area contributed by atoms with Crippen molar-refractivity contribution in [1.29, 1.82) is 0 Å². The summed E-state index contributed by atoms with van der Waals surface area (Å²) in [6.45, 7) is 9.81. The van der Waals surface area contributed by atoms with Crippen molar-refractivity contribution in [3.05, 3.63) is 15.6 Å². The zero-order valence-corrected chi connectivity index (χ0v) is 10.3. The van der Waals surface area contributed by atoms with Gasteiger partial charge in [0.15, 0.2) is 0 Å². The lowest BCUT2D eigenvalue weighted by molar-refractivity contribution is -0.125. The summed E-state index contributed by atoms with van der Waals surface area (Å²) >= 11 is 1.63. The normalized spacial score (nSPS) is 11.8. The first-order valence-electron chi connectivity index (χ1n) is 4.77. The number of carbonyl (C=O) groups excluding carboxylic acids is 1. The van der Waals surface area contributed by atoms with Crippen molar-refractivity contribution in [2.75, 3.05) is 0 Å². The average Bonchev–Trinajstić information content (AvgIpc) is 2.28. The molecule has 0 saturated heterocycles. The number of rotatable bonds is 2. The van der Waals surface area contributed by atoms with Gasteiger partial charge in [0, 0.05) is 16.7 Å². The first kappa shape index (κ1) is 11.4. The summed E-state index contributed by atoms with van der Waals surface area (Å²) in [5.74, 6) is 0.282. The summed E-state index contributed by atoms with van der Waals surface area (Å²) < 4.78 is 0. The zero-order chi connectivity index (χ0) is 10.9. The van der Waals surface area contributed by atoms with Crippen LogP contribution in [0.25, 0.3) is 0 Å². The number of aryl methyl sites for hydroxylation is 2. The van der Waals surface area contributed by atoms with E-state index in [1.807, 2.05) is 34.6 Å².